The number of amides is 1. The van der Waals surface area contributed by atoms with E-state index in [2.05, 4.69) is 5.32 Å². The summed E-state index contributed by atoms with van der Waals surface area (Å²) in [5.41, 5.74) is -0.667. The fraction of sp³-hybridized carbons (Fsp3) is 0.429. The summed E-state index contributed by atoms with van der Waals surface area (Å²) in [4.78, 5) is 23.6. The lowest BCUT2D eigenvalue weighted by molar-refractivity contribution is -0.148. The monoisotopic (exact) mass is 315 g/mol. The summed E-state index contributed by atoms with van der Waals surface area (Å²) in [5, 5.41) is 12.8. The standard InChI is InChI=1S/C14H15Cl2NO3/c1-14(13(19)20)6-2-3-11(14)17-12(18)9-7-8(15)4-5-10(9)16/h4-5,7,11H,2-3,6H2,1H3,(H,17,18)(H,19,20). The van der Waals surface area contributed by atoms with E-state index in [1.54, 1.807) is 19.1 Å². The molecule has 1 fully saturated rings. The molecule has 0 radical (unpaired) electrons. The van der Waals surface area contributed by atoms with E-state index in [9.17, 15) is 14.7 Å². The van der Waals surface area contributed by atoms with Gasteiger partial charge in [-0.15, -0.1) is 0 Å². The van der Waals surface area contributed by atoms with Crippen LogP contribution in [0.25, 0.3) is 0 Å². The molecule has 2 atom stereocenters. The number of carbonyl (C=O) groups excluding carboxylic acids is 1. The summed E-state index contributed by atoms with van der Waals surface area (Å²) >= 11 is 11.8. The molecule has 20 heavy (non-hydrogen) atoms. The van der Waals surface area contributed by atoms with E-state index >= 15 is 0 Å². The van der Waals surface area contributed by atoms with Crippen molar-refractivity contribution in [1.82, 2.24) is 5.32 Å². The molecule has 1 aromatic rings. The molecule has 0 aromatic heterocycles. The lowest BCUT2D eigenvalue weighted by Crippen LogP contribution is -2.47. The van der Waals surface area contributed by atoms with Crippen molar-refractivity contribution in [3.63, 3.8) is 0 Å². The highest BCUT2D eigenvalue weighted by atomic mass is 35.5. The number of carboxylic acids is 1. The second kappa shape index (κ2) is 5.62. The topological polar surface area (TPSA) is 66.4 Å². The number of carboxylic acid groups (broad SMARTS) is 1. The van der Waals surface area contributed by atoms with Crippen molar-refractivity contribution in [3.8, 4) is 0 Å². The van der Waals surface area contributed by atoms with Gasteiger partial charge in [0.1, 0.15) is 0 Å². The van der Waals surface area contributed by atoms with Gasteiger partial charge in [0.2, 0.25) is 0 Å². The van der Waals surface area contributed by atoms with Crippen molar-refractivity contribution in [2.45, 2.75) is 32.2 Å². The number of halogens is 2. The van der Waals surface area contributed by atoms with Crippen LogP contribution in [0.3, 0.4) is 0 Å². The van der Waals surface area contributed by atoms with Gasteiger partial charge in [-0.1, -0.05) is 29.6 Å². The molecule has 1 aromatic carbocycles. The van der Waals surface area contributed by atoms with Crippen molar-refractivity contribution in [1.29, 1.82) is 0 Å². The van der Waals surface area contributed by atoms with E-state index in [0.717, 1.165) is 6.42 Å². The molecule has 2 rings (SSSR count). The fourth-order valence-electron chi connectivity index (χ4n) is 2.56. The van der Waals surface area contributed by atoms with Crippen molar-refractivity contribution < 1.29 is 14.7 Å². The van der Waals surface area contributed by atoms with Crippen LogP contribution >= 0.6 is 23.2 Å². The van der Waals surface area contributed by atoms with Gasteiger partial charge in [0.15, 0.2) is 0 Å². The third kappa shape index (κ3) is 2.76. The molecule has 6 heteroatoms. The van der Waals surface area contributed by atoms with Crippen LogP contribution in [0.5, 0.6) is 0 Å². The van der Waals surface area contributed by atoms with E-state index in [0.29, 0.717) is 22.9 Å². The van der Waals surface area contributed by atoms with E-state index in [1.807, 2.05) is 0 Å². The molecule has 0 heterocycles. The first kappa shape index (κ1) is 15.1. The molecule has 1 amide bonds. The SMILES string of the molecule is CC1(C(=O)O)CCCC1NC(=O)c1cc(Cl)ccc1Cl. The summed E-state index contributed by atoms with van der Waals surface area (Å²) in [6.45, 7) is 1.66. The number of benzene rings is 1. The van der Waals surface area contributed by atoms with Crippen molar-refractivity contribution in [2.24, 2.45) is 5.41 Å². The zero-order chi connectivity index (χ0) is 14.9. The maximum atomic E-state index is 12.2. The van der Waals surface area contributed by atoms with Gasteiger partial charge in [-0.2, -0.15) is 0 Å². The van der Waals surface area contributed by atoms with Crippen LogP contribution in [0.2, 0.25) is 10.0 Å². The van der Waals surface area contributed by atoms with Crippen molar-refractivity contribution in [3.05, 3.63) is 33.8 Å². The molecule has 1 saturated carbocycles. The van der Waals surface area contributed by atoms with E-state index < -0.39 is 23.3 Å². The van der Waals surface area contributed by atoms with Gasteiger partial charge < -0.3 is 10.4 Å². The minimum Gasteiger partial charge on any atom is -0.481 e. The highest BCUT2D eigenvalue weighted by Crippen LogP contribution is 2.38. The maximum Gasteiger partial charge on any atom is 0.311 e. The first-order valence-electron chi connectivity index (χ1n) is 6.34. The second-order valence-electron chi connectivity index (χ2n) is 5.27. The first-order valence-corrected chi connectivity index (χ1v) is 7.09. The lowest BCUT2D eigenvalue weighted by Gasteiger charge is -2.27. The smallest absolute Gasteiger partial charge is 0.311 e. The normalized spacial score (nSPS) is 25.4. The summed E-state index contributed by atoms with van der Waals surface area (Å²) in [6, 6.07) is 4.22. The summed E-state index contributed by atoms with van der Waals surface area (Å²) < 4.78 is 0. The predicted octanol–water partition coefficient (Wildman–Crippen LogP) is 3.37. The Morgan fingerprint density at radius 2 is 2.10 bits per heavy atom. The van der Waals surface area contributed by atoms with Crippen LogP contribution in [0.1, 0.15) is 36.5 Å². The largest absolute Gasteiger partial charge is 0.481 e. The number of hydrogen-bond donors (Lipinski definition) is 2. The van der Waals surface area contributed by atoms with Crippen LogP contribution in [0.4, 0.5) is 0 Å². The Kier molecular flexibility index (Phi) is 4.25. The Balaban J connectivity index is 2.19. The molecule has 108 valence electrons. The number of carbonyl (C=O) groups is 2. The Morgan fingerprint density at radius 3 is 2.75 bits per heavy atom. The van der Waals surface area contributed by atoms with Gasteiger partial charge in [-0.3, -0.25) is 9.59 Å². The molecule has 0 bridgehead atoms. The summed E-state index contributed by atoms with van der Waals surface area (Å²) in [5.74, 6) is -1.28. The van der Waals surface area contributed by atoms with Crippen LogP contribution < -0.4 is 5.32 Å². The molecule has 2 N–H and O–H groups in total. The third-order valence-electron chi connectivity index (χ3n) is 3.92. The second-order valence-corrected chi connectivity index (χ2v) is 6.11. The van der Waals surface area contributed by atoms with Gasteiger partial charge in [0, 0.05) is 11.1 Å². The number of nitrogens with one attached hydrogen (secondary N) is 1. The first-order chi connectivity index (χ1) is 9.34. The van der Waals surface area contributed by atoms with Gasteiger partial charge in [-0.25, -0.2) is 0 Å². The molecule has 0 saturated heterocycles. The maximum absolute atomic E-state index is 12.2. The Labute approximate surface area is 127 Å². The van der Waals surface area contributed by atoms with E-state index in [4.69, 9.17) is 23.2 Å². The highest BCUT2D eigenvalue weighted by molar-refractivity contribution is 6.35. The minimum atomic E-state index is -0.930. The van der Waals surface area contributed by atoms with Crippen LogP contribution in [-0.4, -0.2) is 23.0 Å². The lowest BCUT2D eigenvalue weighted by atomic mass is 9.85. The fourth-order valence-corrected chi connectivity index (χ4v) is 2.94. The number of aliphatic carboxylic acids is 1. The quantitative estimate of drug-likeness (QED) is 0.898. The van der Waals surface area contributed by atoms with Crippen LogP contribution in [-0.2, 0) is 4.79 Å². The van der Waals surface area contributed by atoms with Gasteiger partial charge in [0.25, 0.3) is 5.91 Å². The minimum absolute atomic E-state index is 0.263. The average molecular weight is 316 g/mol. The Morgan fingerprint density at radius 1 is 1.40 bits per heavy atom. The van der Waals surface area contributed by atoms with Gasteiger partial charge in [0.05, 0.1) is 16.0 Å². The molecular formula is C14H15Cl2NO3. The molecule has 1 aliphatic carbocycles. The molecule has 0 aliphatic heterocycles. The molecule has 0 spiro atoms. The van der Waals surface area contributed by atoms with E-state index in [1.165, 1.54) is 6.07 Å². The highest BCUT2D eigenvalue weighted by Gasteiger charge is 2.46. The zero-order valence-electron chi connectivity index (χ0n) is 11.0. The van der Waals surface area contributed by atoms with Crippen molar-refractivity contribution >= 4 is 35.1 Å². The van der Waals surface area contributed by atoms with E-state index in [-0.39, 0.29) is 5.56 Å². The average Bonchev–Trinajstić information content (AvgIpc) is 2.75. The third-order valence-corrected chi connectivity index (χ3v) is 4.49. The summed E-state index contributed by atoms with van der Waals surface area (Å²) in [6.07, 6.45) is 1.97. The molecule has 4 nitrogen and oxygen atoms in total. The predicted molar refractivity (Wildman–Crippen MR) is 77.3 cm³/mol. The summed E-state index contributed by atoms with van der Waals surface area (Å²) in [7, 11) is 0. The van der Waals surface area contributed by atoms with Crippen molar-refractivity contribution in [2.75, 3.05) is 0 Å². The number of hydrogen-bond acceptors (Lipinski definition) is 2. The Hall–Kier alpha value is -1.26. The Bertz CT molecular complexity index is 561. The number of rotatable bonds is 3. The zero-order valence-corrected chi connectivity index (χ0v) is 12.5. The van der Waals surface area contributed by atoms with Gasteiger partial charge in [-0.05, 0) is 38.0 Å². The van der Waals surface area contributed by atoms with Crippen LogP contribution in [0.15, 0.2) is 18.2 Å². The van der Waals surface area contributed by atoms with Crippen LogP contribution in [0, 0.1) is 5.41 Å². The molecule has 1 aliphatic rings. The molecular weight excluding hydrogens is 301 g/mol. The molecule has 2 unspecified atom stereocenters. The van der Waals surface area contributed by atoms with Gasteiger partial charge >= 0.3 is 5.97 Å².